The van der Waals surface area contributed by atoms with Gasteiger partial charge in [0.05, 0.1) is 5.69 Å². The lowest BCUT2D eigenvalue weighted by Gasteiger charge is -2.28. The van der Waals surface area contributed by atoms with Crippen LogP contribution in [0.1, 0.15) is 0 Å². The first-order chi connectivity index (χ1) is 33.7. The van der Waals surface area contributed by atoms with Gasteiger partial charge in [-0.3, -0.25) is 0 Å². The zero-order valence-electron chi connectivity index (χ0n) is 37.2. The van der Waals surface area contributed by atoms with Gasteiger partial charge in [-0.1, -0.05) is 200 Å². The van der Waals surface area contributed by atoms with Crippen LogP contribution in [0.5, 0.6) is 0 Å². The molecule has 0 N–H and O–H groups in total. The van der Waals surface area contributed by atoms with Gasteiger partial charge < -0.3 is 9.32 Å². The number of benzene rings is 12. The topological polar surface area (TPSA) is 16.4 Å². The zero-order chi connectivity index (χ0) is 45.0. The molecule has 68 heavy (non-hydrogen) atoms. The Hall–Kier alpha value is -8.98. The Bertz CT molecular complexity index is 3990. The molecular weight excluding hydrogens is 823 g/mol. The first-order valence-electron chi connectivity index (χ1n) is 23.3. The molecule has 2 nitrogen and oxygen atoms in total. The molecule has 318 valence electrons. The van der Waals surface area contributed by atoms with E-state index in [4.69, 9.17) is 4.42 Å². The number of hydrogen-bond acceptors (Lipinski definition) is 2. The summed E-state index contributed by atoms with van der Waals surface area (Å²) in [6, 6.07) is 94.4. The summed E-state index contributed by atoms with van der Waals surface area (Å²) in [7, 11) is 0. The lowest BCUT2D eigenvalue weighted by atomic mass is 9.95. The zero-order valence-corrected chi connectivity index (χ0v) is 37.2. The van der Waals surface area contributed by atoms with Crippen molar-refractivity contribution >= 4 is 71.3 Å². The second-order valence-electron chi connectivity index (χ2n) is 17.7. The lowest BCUT2D eigenvalue weighted by molar-refractivity contribution is 0.669. The number of hydrogen-bond donors (Lipinski definition) is 0. The van der Waals surface area contributed by atoms with E-state index < -0.39 is 0 Å². The Labute approximate surface area is 395 Å². The van der Waals surface area contributed by atoms with E-state index in [9.17, 15) is 0 Å². The molecule has 0 aliphatic carbocycles. The summed E-state index contributed by atoms with van der Waals surface area (Å²) < 4.78 is 6.37. The van der Waals surface area contributed by atoms with E-state index in [-0.39, 0.29) is 0 Å². The number of fused-ring (bicyclic) bond motifs is 7. The van der Waals surface area contributed by atoms with Crippen LogP contribution in [-0.2, 0) is 0 Å². The summed E-state index contributed by atoms with van der Waals surface area (Å²) in [6.07, 6.45) is 0. The molecule has 0 saturated heterocycles. The summed E-state index contributed by atoms with van der Waals surface area (Å²) in [5.74, 6) is 0. The van der Waals surface area contributed by atoms with Gasteiger partial charge in [0.1, 0.15) is 11.2 Å². The van der Waals surface area contributed by atoms with Crippen LogP contribution in [0.3, 0.4) is 0 Å². The number of rotatable bonds is 8. The maximum Gasteiger partial charge on any atom is 0.135 e. The molecule has 0 saturated carbocycles. The summed E-state index contributed by atoms with van der Waals surface area (Å²) in [4.78, 5) is 2.40. The van der Waals surface area contributed by atoms with Gasteiger partial charge in [-0.2, -0.15) is 0 Å². The summed E-state index contributed by atoms with van der Waals surface area (Å²) >= 11 is 0. The molecule has 0 unspecified atom stereocenters. The van der Waals surface area contributed by atoms with Gasteiger partial charge in [-0.25, -0.2) is 0 Å². The fourth-order valence-corrected chi connectivity index (χ4v) is 10.2. The van der Waals surface area contributed by atoms with Crippen molar-refractivity contribution in [1.29, 1.82) is 0 Å². The number of anilines is 3. The minimum Gasteiger partial charge on any atom is -0.456 e. The predicted octanol–water partition coefficient (Wildman–Crippen LogP) is 18.9. The van der Waals surface area contributed by atoms with Crippen LogP contribution < -0.4 is 4.90 Å². The van der Waals surface area contributed by atoms with Gasteiger partial charge in [0.25, 0.3) is 0 Å². The van der Waals surface area contributed by atoms with Gasteiger partial charge >= 0.3 is 0 Å². The summed E-state index contributed by atoms with van der Waals surface area (Å²) in [5.41, 5.74) is 17.0. The molecular formula is C66H43NO. The van der Waals surface area contributed by atoms with E-state index in [1.807, 2.05) is 0 Å². The standard InChI is InChI=1S/C66H43NO/c1-2-12-44(13-3-1)46-28-34-55(35-29-46)67(64-43-53-15-5-7-20-59(53)60-21-8-9-22-61(60)64)56-36-30-47(31-37-56)45-24-26-48(27-25-45)50-17-10-18-51(40-50)52-32-38-65-62(41-52)63-42-54(33-39-66(63)68-65)58-23-11-16-49-14-4-6-19-57(49)58/h1-43H. The van der Waals surface area contributed by atoms with Crippen molar-refractivity contribution in [3.05, 3.63) is 261 Å². The maximum atomic E-state index is 6.37. The normalized spacial score (nSPS) is 11.5. The van der Waals surface area contributed by atoms with Crippen molar-refractivity contribution < 1.29 is 4.42 Å². The van der Waals surface area contributed by atoms with Gasteiger partial charge in [0, 0.05) is 27.5 Å². The average molecular weight is 866 g/mol. The predicted molar refractivity (Wildman–Crippen MR) is 288 cm³/mol. The van der Waals surface area contributed by atoms with E-state index in [1.54, 1.807) is 0 Å². The summed E-state index contributed by atoms with van der Waals surface area (Å²) in [6.45, 7) is 0. The second-order valence-corrected chi connectivity index (χ2v) is 17.7. The number of nitrogens with zero attached hydrogens (tertiary/aromatic N) is 1. The Balaban J connectivity index is 0.812. The highest BCUT2D eigenvalue weighted by molar-refractivity contribution is 6.15. The minimum absolute atomic E-state index is 0.894. The molecule has 0 radical (unpaired) electrons. The van der Waals surface area contributed by atoms with Crippen molar-refractivity contribution in [3.8, 4) is 55.6 Å². The Morgan fingerprint density at radius 3 is 1.34 bits per heavy atom. The fraction of sp³-hybridized carbons (Fsp3) is 0. The van der Waals surface area contributed by atoms with Crippen LogP contribution in [-0.4, -0.2) is 0 Å². The van der Waals surface area contributed by atoms with Gasteiger partial charge in [0.2, 0.25) is 0 Å². The first-order valence-corrected chi connectivity index (χ1v) is 23.3. The van der Waals surface area contributed by atoms with Crippen LogP contribution in [0.25, 0.3) is 110 Å². The minimum atomic E-state index is 0.894. The average Bonchev–Trinajstić information content (AvgIpc) is 3.79. The molecule has 13 aromatic rings. The highest BCUT2D eigenvalue weighted by Gasteiger charge is 2.18. The third-order valence-corrected chi connectivity index (χ3v) is 13.7. The monoisotopic (exact) mass is 865 g/mol. The van der Waals surface area contributed by atoms with E-state index in [0.717, 1.165) is 44.6 Å². The third-order valence-electron chi connectivity index (χ3n) is 13.7. The molecule has 0 aliphatic rings. The van der Waals surface area contributed by atoms with E-state index >= 15 is 0 Å². The third kappa shape index (κ3) is 6.99. The van der Waals surface area contributed by atoms with Crippen LogP contribution in [0.4, 0.5) is 17.1 Å². The molecule has 0 amide bonds. The van der Waals surface area contributed by atoms with Crippen molar-refractivity contribution in [2.75, 3.05) is 4.90 Å². The molecule has 0 aliphatic heterocycles. The fourth-order valence-electron chi connectivity index (χ4n) is 10.2. The van der Waals surface area contributed by atoms with Gasteiger partial charge in [0.15, 0.2) is 0 Å². The highest BCUT2D eigenvalue weighted by atomic mass is 16.3. The van der Waals surface area contributed by atoms with Crippen molar-refractivity contribution in [3.63, 3.8) is 0 Å². The van der Waals surface area contributed by atoms with Gasteiger partial charge in [-0.05, 0) is 143 Å². The molecule has 1 heterocycles. The van der Waals surface area contributed by atoms with Crippen molar-refractivity contribution in [2.45, 2.75) is 0 Å². The molecule has 0 spiro atoms. The molecule has 2 heteroatoms. The van der Waals surface area contributed by atoms with Crippen LogP contribution in [0.2, 0.25) is 0 Å². The summed E-state index contributed by atoms with van der Waals surface area (Å²) in [5, 5.41) is 9.66. The molecule has 0 bridgehead atoms. The first kappa shape index (κ1) is 39.4. The SMILES string of the molecule is c1ccc(-c2ccc(N(c3ccc(-c4ccc(-c5cccc(-c6ccc7oc8ccc(-c9cccc%10ccccc9%10)cc8c7c6)c5)cc4)cc3)c3cc4ccccc4c4ccccc34)cc2)cc1. The quantitative estimate of drug-likeness (QED) is 0.142. The molecule has 0 fully saturated rings. The molecule has 1 aromatic heterocycles. The van der Waals surface area contributed by atoms with Crippen molar-refractivity contribution in [1.82, 2.24) is 0 Å². The maximum absolute atomic E-state index is 6.37. The molecule has 0 atom stereocenters. The Kier molecular flexibility index (Phi) is 9.54. The Morgan fingerprint density at radius 1 is 0.235 bits per heavy atom. The van der Waals surface area contributed by atoms with E-state index in [1.165, 1.54) is 82.4 Å². The number of furan rings is 1. The lowest BCUT2D eigenvalue weighted by Crippen LogP contribution is -2.10. The molecule has 12 aromatic carbocycles. The Morgan fingerprint density at radius 2 is 0.662 bits per heavy atom. The smallest absolute Gasteiger partial charge is 0.135 e. The highest BCUT2D eigenvalue weighted by Crippen LogP contribution is 2.43. The van der Waals surface area contributed by atoms with Crippen LogP contribution in [0.15, 0.2) is 265 Å². The van der Waals surface area contributed by atoms with Crippen LogP contribution in [0, 0.1) is 0 Å². The second kappa shape index (κ2) is 16.5. The largest absolute Gasteiger partial charge is 0.456 e. The van der Waals surface area contributed by atoms with Crippen LogP contribution >= 0.6 is 0 Å². The van der Waals surface area contributed by atoms with E-state index in [2.05, 4.69) is 266 Å². The van der Waals surface area contributed by atoms with E-state index in [0.29, 0.717) is 0 Å². The van der Waals surface area contributed by atoms with Gasteiger partial charge in [-0.15, -0.1) is 0 Å². The molecule has 13 rings (SSSR count). The van der Waals surface area contributed by atoms with Crippen molar-refractivity contribution in [2.24, 2.45) is 0 Å².